The van der Waals surface area contributed by atoms with Crippen molar-refractivity contribution in [2.24, 2.45) is 0 Å². The van der Waals surface area contributed by atoms with Crippen LogP contribution in [0.5, 0.6) is 0 Å². The first-order chi connectivity index (χ1) is 11.6. The predicted octanol–water partition coefficient (Wildman–Crippen LogP) is 2.58. The van der Waals surface area contributed by atoms with E-state index in [4.69, 9.17) is 0 Å². The maximum atomic E-state index is 12.9. The molecule has 0 aromatic carbocycles. The quantitative estimate of drug-likeness (QED) is 0.858. The number of likely N-dealkylation sites (N-methyl/N-ethyl adjacent to an activating group) is 1. The van der Waals surface area contributed by atoms with Gasteiger partial charge in [0, 0.05) is 29.6 Å². The maximum absolute atomic E-state index is 12.9. The standard InChI is InChI=1S/C17H21N3O2S2/c1-3-18-15(21)11(2)19-16(22)14-12-6-9-23-10-13(12)24-17(14)20-7-4-5-8-20/h4-5,7-8,11H,3,6,9-10H2,1-2H3,(H,18,21)(H,19,22). The highest BCUT2D eigenvalue weighted by Crippen LogP contribution is 2.38. The van der Waals surface area contributed by atoms with Crippen LogP contribution in [0.15, 0.2) is 24.5 Å². The Balaban J connectivity index is 1.92. The Morgan fingerprint density at radius 1 is 1.33 bits per heavy atom. The van der Waals surface area contributed by atoms with Crippen LogP contribution in [0.4, 0.5) is 0 Å². The zero-order valence-electron chi connectivity index (χ0n) is 13.8. The third-order valence-corrected chi connectivity index (χ3v) is 6.37. The van der Waals surface area contributed by atoms with Gasteiger partial charge in [-0.3, -0.25) is 9.59 Å². The Hall–Kier alpha value is -1.73. The fourth-order valence-electron chi connectivity index (χ4n) is 2.77. The predicted molar refractivity (Wildman–Crippen MR) is 99.1 cm³/mol. The highest BCUT2D eigenvalue weighted by molar-refractivity contribution is 7.98. The first kappa shape index (κ1) is 17.1. The Bertz CT molecular complexity index is 737. The second-order valence-electron chi connectivity index (χ2n) is 5.67. The third kappa shape index (κ3) is 3.37. The van der Waals surface area contributed by atoms with Gasteiger partial charge < -0.3 is 15.2 Å². The summed E-state index contributed by atoms with van der Waals surface area (Å²) in [6.45, 7) is 4.13. The van der Waals surface area contributed by atoms with Crippen LogP contribution in [0.3, 0.4) is 0 Å². The zero-order chi connectivity index (χ0) is 17.1. The number of nitrogens with zero attached hydrogens (tertiary/aromatic N) is 1. The van der Waals surface area contributed by atoms with Gasteiger partial charge in [0.05, 0.1) is 5.56 Å². The number of nitrogens with one attached hydrogen (secondary N) is 2. The summed E-state index contributed by atoms with van der Waals surface area (Å²) >= 11 is 3.57. The Morgan fingerprint density at radius 3 is 2.79 bits per heavy atom. The molecule has 7 heteroatoms. The van der Waals surface area contributed by atoms with Crippen molar-refractivity contribution < 1.29 is 9.59 Å². The van der Waals surface area contributed by atoms with E-state index in [1.165, 1.54) is 4.88 Å². The van der Waals surface area contributed by atoms with Crippen molar-refractivity contribution in [2.75, 3.05) is 12.3 Å². The average molecular weight is 364 g/mol. The number of hydrogen-bond acceptors (Lipinski definition) is 4. The molecule has 0 fully saturated rings. The van der Waals surface area contributed by atoms with E-state index in [2.05, 4.69) is 10.6 Å². The van der Waals surface area contributed by atoms with Gasteiger partial charge in [0.15, 0.2) is 0 Å². The number of fused-ring (bicyclic) bond motifs is 1. The number of rotatable bonds is 5. The molecule has 0 spiro atoms. The number of amides is 2. The lowest BCUT2D eigenvalue weighted by molar-refractivity contribution is -0.122. The van der Waals surface area contributed by atoms with E-state index in [0.29, 0.717) is 6.54 Å². The molecule has 3 heterocycles. The summed E-state index contributed by atoms with van der Waals surface area (Å²) in [6, 6.07) is 3.35. The highest BCUT2D eigenvalue weighted by Gasteiger charge is 2.27. The van der Waals surface area contributed by atoms with E-state index in [0.717, 1.165) is 34.1 Å². The summed E-state index contributed by atoms with van der Waals surface area (Å²) in [7, 11) is 0. The van der Waals surface area contributed by atoms with Crippen LogP contribution >= 0.6 is 23.1 Å². The molecule has 128 valence electrons. The van der Waals surface area contributed by atoms with E-state index < -0.39 is 6.04 Å². The molecular weight excluding hydrogens is 342 g/mol. The number of carbonyl (C=O) groups excluding carboxylic acids is 2. The topological polar surface area (TPSA) is 63.1 Å². The largest absolute Gasteiger partial charge is 0.355 e. The molecule has 0 radical (unpaired) electrons. The van der Waals surface area contributed by atoms with Crippen molar-refractivity contribution in [3.8, 4) is 5.00 Å². The van der Waals surface area contributed by atoms with Gasteiger partial charge in [-0.25, -0.2) is 0 Å². The highest BCUT2D eigenvalue weighted by atomic mass is 32.2. The molecule has 0 bridgehead atoms. The normalized spacial score (nSPS) is 14.8. The molecule has 0 saturated heterocycles. The molecule has 2 amide bonds. The lowest BCUT2D eigenvalue weighted by Crippen LogP contribution is -2.45. The molecule has 2 aromatic heterocycles. The fraction of sp³-hybridized carbons (Fsp3) is 0.412. The molecule has 5 nitrogen and oxygen atoms in total. The number of hydrogen-bond donors (Lipinski definition) is 2. The molecule has 0 aliphatic carbocycles. The summed E-state index contributed by atoms with van der Waals surface area (Å²) in [5, 5.41) is 6.53. The van der Waals surface area contributed by atoms with Gasteiger partial charge in [0.25, 0.3) is 5.91 Å². The Labute approximate surface area is 149 Å². The lowest BCUT2D eigenvalue weighted by atomic mass is 10.1. The minimum absolute atomic E-state index is 0.159. The van der Waals surface area contributed by atoms with Gasteiger partial charge in [0.2, 0.25) is 5.91 Å². The average Bonchev–Trinajstić information content (AvgIpc) is 3.22. The van der Waals surface area contributed by atoms with Gasteiger partial charge in [-0.15, -0.1) is 11.3 Å². The first-order valence-electron chi connectivity index (χ1n) is 8.06. The van der Waals surface area contributed by atoms with Gasteiger partial charge in [-0.2, -0.15) is 11.8 Å². The minimum atomic E-state index is -0.552. The van der Waals surface area contributed by atoms with Crippen molar-refractivity contribution in [3.63, 3.8) is 0 Å². The number of aromatic nitrogens is 1. The molecule has 24 heavy (non-hydrogen) atoms. The van der Waals surface area contributed by atoms with Crippen LogP contribution in [0.1, 0.15) is 34.6 Å². The van der Waals surface area contributed by atoms with Crippen LogP contribution in [0.2, 0.25) is 0 Å². The molecular formula is C17H21N3O2S2. The molecule has 0 saturated carbocycles. The van der Waals surface area contributed by atoms with Crippen molar-refractivity contribution in [1.29, 1.82) is 0 Å². The Morgan fingerprint density at radius 2 is 2.08 bits per heavy atom. The molecule has 3 rings (SSSR count). The summed E-state index contributed by atoms with van der Waals surface area (Å²) in [6.07, 6.45) is 4.80. The van der Waals surface area contributed by atoms with E-state index in [-0.39, 0.29) is 11.8 Å². The second-order valence-corrected chi connectivity index (χ2v) is 7.86. The van der Waals surface area contributed by atoms with E-state index in [9.17, 15) is 9.59 Å². The maximum Gasteiger partial charge on any atom is 0.255 e. The molecule has 1 atom stereocenters. The lowest BCUT2D eigenvalue weighted by Gasteiger charge is -2.16. The smallest absolute Gasteiger partial charge is 0.255 e. The van der Waals surface area contributed by atoms with Gasteiger partial charge >= 0.3 is 0 Å². The minimum Gasteiger partial charge on any atom is -0.355 e. The van der Waals surface area contributed by atoms with Crippen molar-refractivity contribution >= 4 is 34.9 Å². The second kappa shape index (κ2) is 7.44. The van der Waals surface area contributed by atoms with Crippen molar-refractivity contribution in [2.45, 2.75) is 32.1 Å². The van der Waals surface area contributed by atoms with Gasteiger partial charge in [0.1, 0.15) is 11.0 Å². The third-order valence-electron chi connectivity index (χ3n) is 3.96. The molecule has 1 unspecified atom stereocenters. The SMILES string of the molecule is CCNC(=O)C(C)NC(=O)c1c(-n2cccc2)sc2c1CCSC2. The fourth-order valence-corrected chi connectivity index (χ4v) is 5.21. The van der Waals surface area contributed by atoms with Crippen LogP contribution in [-0.2, 0) is 17.0 Å². The summed E-state index contributed by atoms with van der Waals surface area (Å²) < 4.78 is 1.99. The van der Waals surface area contributed by atoms with E-state index in [1.54, 1.807) is 18.3 Å². The van der Waals surface area contributed by atoms with Crippen molar-refractivity contribution in [1.82, 2.24) is 15.2 Å². The molecule has 2 N–H and O–H groups in total. The van der Waals surface area contributed by atoms with Crippen molar-refractivity contribution in [3.05, 3.63) is 40.5 Å². The summed E-state index contributed by atoms with van der Waals surface area (Å²) in [4.78, 5) is 26.1. The van der Waals surface area contributed by atoms with Gasteiger partial charge in [-0.05, 0) is 43.7 Å². The van der Waals surface area contributed by atoms with Crippen LogP contribution in [0.25, 0.3) is 5.00 Å². The molecule has 1 aliphatic heterocycles. The monoisotopic (exact) mass is 363 g/mol. The summed E-state index contributed by atoms with van der Waals surface area (Å²) in [5.41, 5.74) is 1.87. The van der Waals surface area contributed by atoms with Gasteiger partial charge in [-0.1, -0.05) is 0 Å². The summed E-state index contributed by atoms with van der Waals surface area (Å²) in [5.74, 6) is 1.66. The molecule has 1 aliphatic rings. The molecule has 2 aromatic rings. The van der Waals surface area contributed by atoms with Crippen LogP contribution in [-0.4, -0.2) is 34.7 Å². The van der Waals surface area contributed by atoms with E-state index >= 15 is 0 Å². The zero-order valence-corrected chi connectivity index (χ0v) is 15.4. The Kier molecular flexibility index (Phi) is 5.30. The number of thioether (sulfide) groups is 1. The number of thiophene rings is 1. The van der Waals surface area contributed by atoms with Crippen LogP contribution < -0.4 is 10.6 Å². The first-order valence-corrected chi connectivity index (χ1v) is 10.0. The van der Waals surface area contributed by atoms with E-state index in [1.807, 2.05) is 47.8 Å². The number of carbonyl (C=O) groups is 2. The van der Waals surface area contributed by atoms with Crippen LogP contribution in [0, 0.1) is 0 Å².